The van der Waals surface area contributed by atoms with Crippen LogP contribution in [0, 0.1) is 0 Å². The van der Waals surface area contributed by atoms with Crippen molar-refractivity contribution in [2.45, 2.75) is 44.6 Å². The van der Waals surface area contributed by atoms with Gasteiger partial charge >= 0.3 is 6.18 Å². The quantitative estimate of drug-likeness (QED) is 0.713. The van der Waals surface area contributed by atoms with Gasteiger partial charge in [0.15, 0.2) is 0 Å². The zero-order valence-electron chi connectivity index (χ0n) is 9.67. The summed E-state index contributed by atoms with van der Waals surface area (Å²) < 4.78 is 42.5. The number of nitrogens with zero attached hydrogens (tertiary/aromatic N) is 1. The standard InChI is InChI=1S/C11H14F3NO2/c1-10(2)6-17-8-4-3-7(5-15(8)10)9(16)11(12,13)14/h5,8H,3-4,6H2,1-2H3. The Hall–Kier alpha value is -1.04. The second-order valence-electron chi connectivity index (χ2n) is 5.01. The molecule has 0 amide bonds. The molecule has 2 aliphatic heterocycles. The predicted molar refractivity (Wildman–Crippen MR) is 54.0 cm³/mol. The first-order chi connectivity index (χ1) is 7.72. The lowest BCUT2D eigenvalue weighted by molar-refractivity contribution is -0.167. The van der Waals surface area contributed by atoms with E-state index in [-0.39, 0.29) is 23.8 Å². The Balaban J connectivity index is 2.25. The summed E-state index contributed by atoms with van der Waals surface area (Å²) in [7, 11) is 0. The number of ether oxygens (including phenoxy) is 1. The summed E-state index contributed by atoms with van der Waals surface area (Å²) in [6.07, 6.45) is -3.12. The van der Waals surface area contributed by atoms with E-state index >= 15 is 0 Å². The number of hydrogen-bond acceptors (Lipinski definition) is 3. The van der Waals surface area contributed by atoms with Crippen LogP contribution in [0.1, 0.15) is 26.7 Å². The fraction of sp³-hybridized carbons (Fsp3) is 0.727. The fourth-order valence-electron chi connectivity index (χ4n) is 2.19. The lowest BCUT2D eigenvalue weighted by Crippen LogP contribution is -2.43. The van der Waals surface area contributed by atoms with E-state index in [1.807, 2.05) is 13.8 Å². The number of carbonyl (C=O) groups is 1. The van der Waals surface area contributed by atoms with E-state index in [1.165, 1.54) is 6.20 Å². The van der Waals surface area contributed by atoms with E-state index in [0.29, 0.717) is 13.0 Å². The van der Waals surface area contributed by atoms with Gasteiger partial charge in [0.2, 0.25) is 0 Å². The Labute approximate surface area is 97.2 Å². The molecule has 6 heteroatoms. The first-order valence-electron chi connectivity index (χ1n) is 5.44. The van der Waals surface area contributed by atoms with Crippen molar-refractivity contribution in [2.24, 2.45) is 0 Å². The van der Waals surface area contributed by atoms with Crippen molar-refractivity contribution in [2.75, 3.05) is 6.61 Å². The molecule has 0 aromatic rings. The summed E-state index contributed by atoms with van der Waals surface area (Å²) in [6.45, 7) is 4.22. The van der Waals surface area contributed by atoms with Crippen LogP contribution >= 0.6 is 0 Å². The molecule has 96 valence electrons. The van der Waals surface area contributed by atoms with Crippen molar-refractivity contribution in [1.29, 1.82) is 0 Å². The van der Waals surface area contributed by atoms with Crippen LogP contribution in [0.3, 0.4) is 0 Å². The number of ketones is 1. The summed E-state index contributed by atoms with van der Waals surface area (Å²) in [5.41, 5.74) is -0.533. The van der Waals surface area contributed by atoms with Crippen molar-refractivity contribution in [3.05, 3.63) is 11.8 Å². The average Bonchev–Trinajstić information content (AvgIpc) is 2.52. The molecule has 0 N–H and O–H groups in total. The molecule has 0 radical (unpaired) electrons. The second-order valence-corrected chi connectivity index (χ2v) is 5.01. The number of halogens is 3. The largest absolute Gasteiger partial charge is 0.454 e. The molecule has 1 saturated heterocycles. The Kier molecular flexibility index (Phi) is 2.72. The Morgan fingerprint density at radius 3 is 2.76 bits per heavy atom. The lowest BCUT2D eigenvalue weighted by Gasteiger charge is -2.36. The highest BCUT2D eigenvalue weighted by Crippen LogP contribution is 2.36. The van der Waals surface area contributed by atoms with Crippen LogP contribution in [0.25, 0.3) is 0 Å². The van der Waals surface area contributed by atoms with Gasteiger partial charge in [-0.2, -0.15) is 13.2 Å². The molecule has 0 saturated carbocycles. The van der Waals surface area contributed by atoms with Gasteiger partial charge in [0.1, 0.15) is 6.23 Å². The Morgan fingerprint density at radius 2 is 2.18 bits per heavy atom. The van der Waals surface area contributed by atoms with Crippen LogP contribution in [0.15, 0.2) is 11.8 Å². The minimum atomic E-state index is -4.79. The summed E-state index contributed by atoms with van der Waals surface area (Å²) in [5.74, 6) is -1.74. The van der Waals surface area contributed by atoms with Crippen molar-refractivity contribution in [3.8, 4) is 0 Å². The number of Topliss-reactive ketones (excluding diaryl/α,β-unsaturated/α-hetero) is 1. The third-order valence-electron chi connectivity index (χ3n) is 3.14. The van der Waals surface area contributed by atoms with Gasteiger partial charge in [0.25, 0.3) is 5.78 Å². The maximum absolute atomic E-state index is 12.3. The topological polar surface area (TPSA) is 29.5 Å². The van der Waals surface area contributed by atoms with Crippen LogP contribution in [0.5, 0.6) is 0 Å². The van der Waals surface area contributed by atoms with Crippen LogP contribution < -0.4 is 0 Å². The van der Waals surface area contributed by atoms with Gasteiger partial charge in [-0.05, 0) is 26.7 Å². The van der Waals surface area contributed by atoms with Crippen LogP contribution in [-0.2, 0) is 9.53 Å². The van der Waals surface area contributed by atoms with Crippen LogP contribution in [-0.4, -0.2) is 35.2 Å². The molecule has 2 aliphatic rings. The van der Waals surface area contributed by atoms with Crippen molar-refractivity contribution in [3.63, 3.8) is 0 Å². The first kappa shape index (κ1) is 12.4. The van der Waals surface area contributed by atoms with E-state index in [4.69, 9.17) is 4.74 Å². The fourth-order valence-corrected chi connectivity index (χ4v) is 2.19. The number of allylic oxidation sites excluding steroid dienone is 1. The van der Waals surface area contributed by atoms with E-state index in [0.717, 1.165) is 0 Å². The molecule has 2 rings (SSSR count). The van der Waals surface area contributed by atoms with E-state index < -0.39 is 12.0 Å². The Morgan fingerprint density at radius 1 is 1.53 bits per heavy atom. The monoisotopic (exact) mass is 249 g/mol. The SMILES string of the molecule is CC1(C)COC2CCC(C(=O)C(F)(F)F)=CN21. The molecular weight excluding hydrogens is 235 g/mol. The minimum Gasteiger partial charge on any atom is -0.356 e. The zero-order valence-corrected chi connectivity index (χ0v) is 9.67. The summed E-state index contributed by atoms with van der Waals surface area (Å²) in [4.78, 5) is 12.9. The molecule has 2 heterocycles. The summed E-state index contributed by atoms with van der Waals surface area (Å²) in [5, 5.41) is 0. The highest BCUT2D eigenvalue weighted by atomic mass is 19.4. The summed E-state index contributed by atoms with van der Waals surface area (Å²) >= 11 is 0. The molecule has 1 unspecified atom stereocenters. The van der Waals surface area contributed by atoms with Crippen molar-refractivity contribution in [1.82, 2.24) is 4.90 Å². The molecule has 0 aliphatic carbocycles. The van der Waals surface area contributed by atoms with Crippen LogP contribution in [0.4, 0.5) is 13.2 Å². The minimum absolute atomic E-state index is 0.121. The number of fused-ring (bicyclic) bond motifs is 1. The molecule has 0 aromatic heterocycles. The lowest BCUT2D eigenvalue weighted by atomic mass is 9.98. The smallest absolute Gasteiger partial charge is 0.356 e. The van der Waals surface area contributed by atoms with Gasteiger partial charge < -0.3 is 9.64 Å². The average molecular weight is 249 g/mol. The highest BCUT2D eigenvalue weighted by Gasteiger charge is 2.45. The second kappa shape index (κ2) is 3.73. The van der Waals surface area contributed by atoms with E-state index in [2.05, 4.69) is 0 Å². The van der Waals surface area contributed by atoms with Crippen molar-refractivity contribution < 1.29 is 22.7 Å². The van der Waals surface area contributed by atoms with Crippen LogP contribution in [0.2, 0.25) is 0 Å². The highest BCUT2D eigenvalue weighted by molar-refractivity contribution is 5.99. The third kappa shape index (κ3) is 2.18. The molecule has 1 fully saturated rings. The summed E-state index contributed by atoms with van der Waals surface area (Å²) in [6, 6.07) is 0. The normalized spacial score (nSPS) is 27.7. The Bertz CT molecular complexity index is 373. The maximum Gasteiger partial charge on any atom is 0.454 e. The number of carbonyl (C=O) groups excluding carboxylic acids is 1. The molecule has 17 heavy (non-hydrogen) atoms. The van der Waals surface area contributed by atoms with Gasteiger partial charge in [-0.1, -0.05) is 0 Å². The first-order valence-corrected chi connectivity index (χ1v) is 5.44. The third-order valence-corrected chi connectivity index (χ3v) is 3.14. The van der Waals surface area contributed by atoms with Crippen molar-refractivity contribution >= 4 is 5.78 Å². The van der Waals surface area contributed by atoms with Gasteiger partial charge in [0.05, 0.1) is 12.1 Å². The molecule has 0 bridgehead atoms. The molecular formula is C11H14F3NO2. The van der Waals surface area contributed by atoms with E-state index in [9.17, 15) is 18.0 Å². The van der Waals surface area contributed by atoms with E-state index in [1.54, 1.807) is 4.90 Å². The molecule has 1 atom stereocenters. The molecule has 0 aromatic carbocycles. The maximum atomic E-state index is 12.3. The molecule has 3 nitrogen and oxygen atoms in total. The van der Waals surface area contributed by atoms with Gasteiger partial charge in [-0.15, -0.1) is 0 Å². The zero-order chi connectivity index (χ0) is 12.8. The number of rotatable bonds is 1. The predicted octanol–water partition coefficient (Wildman–Crippen LogP) is 2.23. The van der Waals surface area contributed by atoms with Gasteiger partial charge in [0, 0.05) is 11.8 Å². The number of alkyl halides is 3. The number of hydrogen-bond donors (Lipinski definition) is 0. The van der Waals surface area contributed by atoms with Gasteiger partial charge in [-0.3, -0.25) is 4.79 Å². The van der Waals surface area contributed by atoms with Gasteiger partial charge in [-0.25, -0.2) is 0 Å². The molecule has 0 spiro atoms.